The molecule has 0 saturated carbocycles. The summed E-state index contributed by atoms with van der Waals surface area (Å²) >= 11 is 0. The third-order valence-corrected chi connectivity index (χ3v) is 3.55. The lowest BCUT2D eigenvalue weighted by atomic mass is 10.3. The minimum Gasteiger partial charge on any atom is -0.370 e. The number of hydrogen-bond donors (Lipinski definition) is 1. The standard InChI is InChI=1S/C11H16N4O2S/c1-9-6-10(12-4-3-5-18(2,16)17)15-11(7-9)13-8-14-15/h6-8,12H,3-5H2,1-2H3. The number of rotatable bonds is 5. The van der Waals surface area contributed by atoms with Crippen LogP contribution in [0.25, 0.3) is 5.65 Å². The van der Waals surface area contributed by atoms with Gasteiger partial charge in [0.2, 0.25) is 0 Å². The van der Waals surface area contributed by atoms with E-state index < -0.39 is 9.84 Å². The number of pyridine rings is 1. The van der Waals surface area contributed by atoms with Crippen molar-refractivity contribution in [2.75, 3.05) is 23.9 Å². The number of fused-ring (bicyclic) bond motifs is 1. The summed E-state index contributed by atoms with van der Waals surface area (Å²) in [4.78, 5) is 4.12. The SMILES string of the molecule is Cc1cc(NCCCS(C)(=O)=O)n2ncnc2c1. The van der Waals surface area contributed by atoms with Gasteiger partial charge >= 0.3 is 0 Å². The molecule has 0 aromatic carbocycles. The van der Waals surface area contributed by atoms with Crippen LogP contribution in [-0.2, 0) is 9.84 Å². The van der Waals surface area contributed by atoms with Crippen LogP contribution < -0.4 is 5.32 Å². The molecule has 0 amide bonds. The Morgan fingerprint density at radius 2 is 2.17 bits per heavy atom. The lowest BCUT2D eigenvalue weighted by Gasteiger charge is -2.08. The van der Waals surface area contributed by atoms with Crippen molar-refractivity contribution in [3.05, 3.63) is 24.0 Å². The van der Waals surface area contributed by atoms with Gasteiger partial charge in [0.15, 0.2) is 5.65 Å². The predicted octanol–water partition coefficient (Wildman–Crippen LogP) is 0.884. The molecule has 0 radical (unpaired) electrons. The molecule has 2 rings (SSSR count). The first-order valence-electron chi connectivity index (χ1n) is 5.68. The van der Waals surface area contributed by atoms with Crippen LogP contribution in [0.1, 0.15) is 12.0 Å². The van der Waals surface area contributed by atoms with Crippen LogP contribution in [0.2, 0.25) is 0 Å². The lowest BCUT2D eigenvalue weighted by molar-refractivity contribution is 0.600. The summed E-state index contributed by atoms with van der Waals surface area (Å²) in [6, 6.07) is 3.90. The van der Waals surface area contributed by atoms with E-state index in [-0.39, 0.29) is 5.75 Å². The van der Waals surface area contributed by atoms with Crippen LogP contribution >= 0.6 is 0 Å². The van der Waals surface area contributed by atoms with Crippen LogP contribution in [0.4, 0.5) is 5.82 Å². The van der Waals surface area contributed by atoms with Gasteiger partial charge in [0, 0.05) is 12.8 Å². The van der Waals surface area contributed by atoms with Crippen molar-refractivity contribution in [3.63, 3.8) is 0 Å². The molecule has 0 aliphatic carbocycles. The first-order valence-corrected chi connectivity index (χ1v) is 7.74. The number of anilines is 1. The van der Waals surface area contributed by atoms with E-state index in [4.69, 9.17) is 0 Å². The zero-order valence-electron chi connectivity index (χ0n) is 10.4. The van der Waals surface area contributed by atoms with Crippen LogP contribution in [0, 0.1) is 6.92 Å². The Hall–Kier alpha value is -1.63. The van der Waals surface area contributed by atoms with Crippen LogP contribution in [-0.4, -0.2) is 41.6 Å². The van der Waals surface area contributed by atoms with E-state index >= 15 is 0 Å². The van der Waals surface area contributed by atoms with E-state index in [2.05, 4.69) is 15.4 Å². The van der Waals surface area contributed by atoms with Gasteiger partial charge in [0.1, 0.15) is 22.0 Å². The highest BCUT2D eigenvalue weighted by atomic mass is 32.2. The van der Waals surface area contributed by atoms with Crippen molar-refractivity contribution in [3.8, 4) is 0 Å². The molecule has 0 fully saturated rings. The maximum absolute atomic E-state index is 11.0. The molecular formula is C11H16N4O2S. The van der Waals surface area contributed by atoms with Crippen molar-refractivity contribution in [2.24, 2.45) is 0 Å². The summed E-state index contributed by atoms with van der Waals surface area (Å²) in [5, 5.41) is 7.30. The number of hydrogen-bond acceptors (Lipinski definition) is 5. The van der Waals surface area contributed by atoms with Gasteiger partial charge in [-0.05, 0) is 31.0 Å². The van der Waals surface area contributed by atoms with Crippen molar-refractivity contribution in [1.29, 1.82) is 0 Å². The molecule has 0 saturated heterocycles. The normalized spacial score (nSPS) is 11.9. The molecule has 7 heteroatoms. The molecule has 6 nitrogen and oxygen atoms in total. The molecule has 0 atom stereocenters. The molecule has 2 aromatic rings. The quantitative estimate of drug-likeness (QED) is 0.815. The third-order valence-electron chi connectivity index (χ3n) is 2.52. The second kappa shape index (κ2) is 4.93. The molecule has 2 aromatic heterocycles. The fourth-order valence-electron chi connectivity index (χ4n) is 1.73. The average Bonchev–Trinajstić information content (AvgIpc) is 2.70. The van der Waals surface area contributed by atoms with Crippen molar-refractivity contribution < 1.29 is 8.42 Å². The van der Waals surface area contributed by atoms with Gasteiger partial charge in [-0.2, -0.15) is 9.61 Å². The van der Waals surface area contributed by atoms with Crippen molar-refractivity contribution in [2.45, 2.75) is 13.3 Å². The van der Waals surface area contributed by atoms with Gasteiger partial charge in [0.05, 0.1) is 5.75 Å². The highest BCUT2D eigenvalue weighted by Crippen LogP contribution is 2.12. The van der Waals surface area contributed by atoms with Gasteiger partial charge in [-0.1, -0.05) is 0 Å². The Labute approximate surface area is 106 Å². The Morgan fingerprint density at radius 1 is 1.39 bits per heavy atom. The molecule has 0 spiro atoms. The minimum atomic E-state index is -2.89. The van der Waals surface area contributed by atoms with Gasteiger partial charge in [-0.25, -0.2) is 13.4 Å². The zero-order chi connectivity index (χ0) is 13.2. The molecule has 18 heavy (non-hydrogen) atoms. The van der Waals surface area contributed by atoms with Crippen molar-refractivity contribution >= 4 is 21.3 Å². The van der Waals surface area contributed by atoms with Gasteiger partial charge in [-0.3, -0.25) is 0 Å². The topological polar surface area (TPSA) is 76.4 Å². The fraction of sp³-hybridized carbons (Fsp3) is 0.455. The number of aryl methyl sites for hydroxylation is 1. The van der Waals surface area contributed by atoms with Crippen LogP contribution in [0.5, 0.6) is 0 Å². The smallest absolute Gasteiger partial charge is 0.157 e. The number of nitrogens with one attached hydrogen (secondary N) is 1. The predicted molar refractivity (Wildman–Crippen MR) is 70.5 cm³/mol. The van der Waals surface area contributed by atoms with E-state index in [1.54, 1.807) is 4.52 Å². The highest BCUT2D eigenvalue weighted by Gasteiger charge is 2.05. The number of sulfone groups is 1. The molecule has 0 aliphatic rings. The lowest BCUT2D eigenvalue weighted by Crippen LogP contribution is -2.12. The summed E-state index contributed by atoms with van der Waals surface area (Å²) in [7, 11) is -2.89. The molecule has 0 unspecified atom stereocenters. The van der Waals surface area contributed by atoms with Crippen LogP contribution in [0.15, 0.2) is 18.5 Å². The first-order chi connectivity index (χ1) is 8.46. The monoisotopic (exact) mass is 268 g/mol. The third kappa shape index (κ3) is 3.19. The summed E-state index contributed by atoms with van der Waals surface area (Å²) in [5.41, 5.74) is 1.86. The summed E-state index contributed by atoms with van der Waals surface area (Å²) in [6.45, 7) is 2.57. The first kappa shape index (κ1) is 12.8. The molecule has 98 valence electrons. The van der Waals surface area contributed by atoms with Gasteiger partial charge in [-0.15, -0.1) is 0 Å². The number of nitrogens with zero attached hydrogens (tertiary/aromatic N) is 3. The van der Waals surface area contributed by atoms with Crippen molar-refractivity contribution in [1.82, 2.24) is 14.6 Å². The Balaban J connectivity index is 2.05. The maximum Gasteiger partial charge on any atom is 0.157 e. The largest absolute Gasteiger partial charge is 0.370 e. The molecule has 2 heterocycles. The highest BCUT2D eigenvalue weighted by molar-refractivity contribution is 7.90. The Morgan fingerprint density at radius 3 is 2.89 bits per heavy atom. The van der Waals surface area contributed by atoms with E-state index in [1.165, 1.54) is 12.6 Å². The number of aromatic nitrogens is 3. The fourth-order valence-corrected chi connectivity index (χ4v) is 2.40. The Kier molecular flexibility index (Phi) is 3.51. The molecule has 0 aliphatic heterocycles. The molecule has 0 bridgehead atoms. The molecule has 1 N–H and O–H groups in total. The van der Waals surface area contributed by atoms with Crippen LogP contribution in [0.3, 0.4) is 0 Å². The van der Waals surface area contributed by atoms with E-state index in [9.17, 15) is 8.42 Å². The summed E-state index contributed by atoms with van der Waals surface area (Å²) in [5.74, 6) is 1.02. The average molecular weight is 268 g/mol. The van der Waals surface area contributed by atoms with E-state index in [0.717, 1.165) is 17.0 Å². The summed E-state index contributed by atoms with van der Waals surface area (Å²) in [6.07, 6.45) is 3.31. The maximum atomic E-state index is 11.0. The van der Waals surface area contributed by atoms with Gasteiger partial charge < -0.3 is 5.32 Å². The Bertz CT molecular complexity index is 648. The minimum absolute atomic E-state index is 0.187. The second-order valence-electron chi connectivity index (χ2n) is 4.36. The van der Waals surface area contributed by atoms with E-state index in [0.29, 0.717) is 13.0 Å². The zero-order valence-corrected chi connectivity index (χ0v) is 11.2. The van der Waals surface area contributed by atoms with Gasteiger partial charge in [0.25, 0.3) is 0 Å². The second-order valence-corrected chi connectivity index (χ2v) is 6.62. The molecular weight excluding hydrogens is 252 g/mol. The van der Waals surface area contributed by atoms with E-state index in [1.807, 2.05) is 19.1 Å². The summed E-state index contributed by atoms with van der Waals surface area (Å²) < 4.78 is 23.7.